The Morgan fingerprint density at radius 3 is 2.68 bits per heavy atom. The first-order valence-electron chi connectivity index (χ1n) is 7.21. The van der Waals surface area contributed by atoms with Crippen LogP contribution in [0.15, 0.2) is 15.7 Å². The lowest BCUT2D eigenvalue weighted by Crippen LogP contribution is -2.39. The molecule has 120 valence electrons. The Morgan fingerprint density at radius 1 is 1.32 bits per heavy atom. The number of sulfonamides is 1. The normalized spacial score (nSPS) is 20.4. The number of hydrogen-bond acceptors (Lipinski definition) is 6. The van der Waals surface area contributed by atoms with Crippen molar-refractivity contribution < 1.29 is 12.9 Å². The van der Waals surface area contributed by atoms with E-state index in [9.17, 15) is 8.42 Å². The van der Waals surface area contributed by atoms with Crippen molar-refractivity contribution in [3.05, 3.63) is 23.6 Å². The maximum Gasteiger partial charge on any atom is 0.249 e. The summed E-state index contributed by atoms with van der Waals surface area (Å²) in [6.45, 7) is 3.72. The van der Waals surface area contributed by atoms with E-state index in [1.807, 2.05) is 7.05 Å². The molecular weight excluding hydrogens is 306 g/mol. The van der Waals surface area contributed by atoms with Crippen molar-refractivity contribution in [3.8, 4) is 0 Å². The average Bonchev–Trinajstić information content (AvgIpc) is 3.05. The summed E-state index contributed by atoms with van der Waals surface area (Å²) < 4.78 is 34.5. The van der Waals surface area contributed by atoms with Gasteiger partial charge in [0.25, 0.3) is 0 Å². The van der Waals surface area contributed by atoms with Gasteiger partial charge in [-0.15, -0.1) is 10.2 Å². The van der Waals surface area contributed by atoms with Crippen molar-refractivity contribution in [3.63, 3.8) is 0 Å². The predicted octanol–water partition coefficient (Wildman–Crippen LogP) is 1.34. The molecule has 0 aromatic carbocycles. The Labute approximate surface area is 129 Å². The largest absolute Gasteiger partial charge is 0.360 e. The van der Waals surface area contributed by atoms with Crippen LogP contribution in [0.25, 0.3) is 0 Å². The van der Waals surface area contributed by atoms with Crippen LogP contribution >= 0.6 is 0 Å². The molecule has 1 aliphatic rings. The molecule has 9 heteroatoms. The van der Waals surface area contributed by atoms with E-state index in [0.717, 1.165) is 19.3 Å². The minimum Gasteiger partial charge on any atom is -0.360 e. The van der Waals surface area contributed by atoms with Gasteiger partial charge in [-0.2, -0.15) is 4.31 Å². The van der Waals surface area contributed by atoms with Crippen molar-refractivity contribution in [1.29, 1.82) is 0 Å². The van der Waals surface area contributed by atoms with Crippen LogP contribution in [0.1, 0.15) is 42.6 Å². The Hall–Kier alpha value is -1.74. The number of piperidine rings is 1. The van der Waals surface area contributed by atoms with Gasteiger partial charge in [0, 0.05) is 13.6 Å². The highest BCUT2D eigenvalue weighted by Crippen LogP contribution is 2.35. The minimum atomic E-state index is -3.68. The van der Waals surface area contributed by atoms with Crippen LogP contribution < -0.4 is 0 Å². The van der Waals surface area contributed by atoms with Gasteiger partial charge >= 0.3 is 0 Å². The molecule has 2 aromatic rings. The predicted molar refractivity (Wildman–Crippen MR) is 77.5 cm³/mol. The Kier molecular flexibility index (Phi) is 3.77. The maximum atomic E-state index is 13.1. The van der Waals surface area contributed by atoms with E-state index in [4.69, 9.17) is 4.52 Å². The minimum absolute atomic E-state index is 0.168. The van der Waals surface area contributed by atoms with Crippen LogP contribution in [0.4, 0.5) is 0 Å². The van der Waals surface area contributed by atoms with Crippen LogP contribution in [0, 0.1) is 13.8 Å². The molecule has 2 aromatic heterocycles. The molecule has 1 atom stereocenters. The number of nitrogens with zero attached hydrogens (tertiary/aromatic N) is 5. The molecule has 22 heavy (non-hydrogen) atoms. The van der Waals surface area contributed by atoms with Gasteiger partial charge < -0.3 is 9.09 Å². The summed E-state index contributed by atoms with van der Waals surface area (Å²) in [4.78, 5) is 0.168. The third kappa shape index (κ3) is 2.34. The summed E-state index contributed by atoms with van der Waals surface area (Å²) in [6, 6.07) is -0.306. The van der Waals surface area contributed by atoms with Crippen LogP contribution in [0.2, 0.25) is 0 Å². The highest BCUT2D eigenvalue weighted by Gasteiger charge is 2.39. The SMILES string of the molecule is Cc1noc(C)c1S(=O)(=O)N1CCCCC1c1nncn1C. The molecule has 1 fully saturated rings. The van der Waals surface area contributed by atoms with Gasteiger partial charge in [-0.3, -0.25) is 0 Å². The van der Waals surface area contributed by atoms with Crippen molar-refractivity contribution in [2.75, 3.05) is 6.54 Å². The first kappa shape index (κ1) is 15.2. The maximum absolute atomic E-state index is 13.1. The van der Waals surface area contributed by atoms with Crippen LogP contribution in [-0.2, 0) is 17.1 Å². The Morgan fingerprint density at radius 2 is 2.09 bits per heavy atom. The molecule has 0 spiro atoms. The van der Waals surface area contributed by atoms with Crippen LogP contribution in [-0.4, -0.2) is 39.2 Å². The topological polar surface area (TPSA) is 94.1 Å². The molecule has 0 bridgehead atoms. The molecule has 1 unspecified atom stereocenters. The van der Waals surface area contributed by atoms with Gasteiger partial charge in [0.2, 0.25) is 10.0 Å². The Bertz CT molecular complexity index is 760. The summed E-state index contributed by atoms with van der Waals surface area (Å²) in [5.74, 6) is 0.981. The summed E-state index contributed by atoms with van der Waals surface area (Å²) in [6.07, 6.45) is 4.11. The van der Waals surface area contributed by atoms with Crippen molar-refractivity contribution in [2.24, 2.45) is 7.05 Å². The number of aryl methyl sites for hydroxylation is 3. The van der Waals surface area contributed by atoms with Crippen LogP contribution in [0.5, 0.6) is 0 Å². The fourth-order valence-corrected chi connectivity index (χ4v) is 4.95. The zero-order chi connectivity index (χ0) is 15.9. The first-order valence-corrected chi connectivity index (χ1v) is 8.65. The monoisotopic (exact) mass is 325 g/mol. The zero-order valence-corrected chi connectivity index (χ0v) is 13.7. The van der Waals surface area contributed by atoms with Crippen molar-refractivity contribution in [1.82, 2.24) is 24.2 Å². The molecular formula is C13H19N5O3S. The third-order valence-corrected chi connectivity index (χ3v) is 6.19. The molecule has 1 saturated heterocycles. The quantitative estimate of drug-likeness (QED) is 0.845. The highest BCUT2D eigenvalue weighted by atomic mass is 32.2. The summed E-state index contributed by atoms with van der Waals surface area (Å²) >= 11 is 0. The lowest BCUT2D eigenvalue weighted by molar-refractivity contribution is 0.242. The zero-order valence-electron chi connectivity index (χ0n) is 12.9. The summed E-state index contributed by atoms with van der Waals surface area (Å²) in [7, 11) is -1.85. The van der Waals surface area contributed by atoms with Gasteiger partial charge in [-0.05, 0) is 26.7 Å². The first-order chi connectivity index (χ1) is 10.4. The lowest BCUT2D eigenvalue weighted by atomic mass is 10.0. The summed E-state index contributed by atoms with van der Waals surface area (Å²) in [5, 5.41) is 11.7. The summed E-state index contributed by atoms with van der Waals surface area (Å²) in [5.41, 5.74) is 0.389. The molecule has 8 nitrogen and oxygen atoms in total. The van der Waals surface area contributed by atoms with Crippen molar-refractivity contribution >= 4 is 10.0 Å². The van der Waals surface area contributed by atoms with E-state index in [2.05, 4.69) is 15.4 Å². The van der Waals surface area contributed by atoms with E-state index in [0.29, 0.717) is 23.8 Å². The van der Waals surface area contributed by atoms with E-state index >= 15 is 0 Å². The third-order valence-electron chi connectivity index (χ3n) is 4.03. The average molecular weight is 325 g/mol. The molecule has 3 heterocycles. The molecule has 0 aliphatic carbocycles. The van der Waals surface area contributed by atoms with E-state index in [1.165, 1.54) is 4.31 Å². The molecule has 1 aliphatic heterocycles. The number of aromatic nitrogens is 4. The molecule has 0 amide bonds. The molecule has 0 radical (unpaired) electrons. The molecule has 3 rings (SSSR count). The molecule has 0 N–H and O–H groups in total. The second kappa shape index (κ2) is 5.47. The second-order valence-electron chi connectivity index (χ2n) is 5.58. The van der Waals surface area contributed by atoms with Gasteiger partial charge in [0.1, 0.15) is 16.9 Å². The van der Waals surface area contributed by atoms with Gasteiger partial charge in [-0.1, -0.05) is 11.6 Å². The van der Waals surface area contributed by atoms with Gasteiger partial charge in [0.05, 0.1) is 6.04 Å². The van der Waals surface area contributed by atoms with E-state index in [1.54, 1.807) is 24.7 Å². The Balaban J connectivity index is 2.06. The van der Waals surface area contributed by atoms with Crippen molar-refractivity contribution in [2.45, 2.75) is 44.0 Å². The second-order valence-corrected chi connectivity index (χ2v) is 7.41. The highest BCUT2D eigenvalue weighted by molar-refractivity contribution is 7.89. The van der Waals surface area contributed by atoms with Gasteiger partial charge in [-0.25, -0.2) is 8.42 Å². The van der Waals surface area contributed by atoms with Gasteiger partial charge in [0.15, 0.2) is 11.6 Å². The fraction of sp³-hybridized carbons (Fsp3) is 0.615. The fourth-order valence-electron chi connectivity index (χ4n) is 3.00. The smallest absolute Gasteiger partial charge is 0.249 e. The van der Waals surface area contributed by atoms with Crippen LogP contribution in [0.3, 0.4) is 0 Å². The standard InChI is InChI=1S/C13H19N5O3S/c1-9-12(10(2)21-16-9)22(19,20)18-7-5-4-6-11(18)13-15-14-8-17(13)3/h8,11H,4-7H2,1-3H3. The molecule has 0 saturated carbocycles. The number of rotatable bonds is 3. The number of hydrogen-bond donors (Lipinski definition) is 0. The van der Waals surface area contributed by atoms with E-state index < -0.39 is 10.0 Å². The lowest BCUT2D eigenvalue weighted by Gasteiger charge is -2.33. The van der Waals surface area contributed by atoms with E-state index in [-0.39, 0.29) is 10.9 Å².